The first kappa shape index (κ1) is 13.6. The van der Waals surface area contributed by atoms with E-state index in [1.807, 2.05) is 6.07 Å². The highest BCUT2D eigenvalue weighted by molar-refractivity contribution is 7.13. The van der Waals surface area contributed by atoms with Gasteiger partial charge in [-0.05, 0) is 35.8 Å². The molecule has 0 aliphatic rings. The van der Waals surface area contributed by atoms with Crippen LogP contribution in [0, 0.1) is 0 Å². The number of furan rings is 1. The number of pyridine rings is 1. The van der Waals surface area contributed by atoms with E-state index in [1.165, 1.54) is 6.26 Å². The van der Waals surface area contributed by atoms with Crippen LogP contribution in [0.2, 0.25) is 0 Å². The van der Waals surface area contributed by atoms with E-state index in [0.717, 1.165) is 16.1 Å². The monoisotopic (exact) mass is 326 g/mol. The number of aromatic amines is 1. The van der Waals surface area contributed by atoms with Crippen LogP contribution in [0.15, 0.2) is 56.8 Å². The van der Waals surface area contributed by atoms with Crippen LogP contribution in [0.25, 0.3) is 21.6 Å². The zero-order valence-electron chi connectivity index (χ0n) is 11.7. The highest BCUT2D eigenvalue weighted by atomic mass is 32.1. The summed E-state index contributed by atoms with van der Waals surface area (Å²) < 4.78 is 11.0. The topological polar surface area (TPSA) is 93.8 Å². The molecule has 0 bridgehead atoms. The molecule has 0 atom stereocenters. The lowest BCUT2D eigenvalue weighted by Crippen LogP contribution is -2.34. The fraction of sp³-hybridized carbons (Fsp3) is 0.0667. The number of aromatic nitrogens is 4. The van der Waals surface area contributed by atoms with Crippen LogP contribution in [-0.2, 0) is 6.54 Å². The predicted molar refractivity (Wildman–Crippen MR) is 85.5 cm³/mol. The molecule has 4 heterocycles. The summed E-state index contributed by atoms with van der Waals surface area (Å²) in [7, 11) is 0. The molecule has 7 nitrogen and oxygen atoms in total. The van der Waals surface area contributed by atoms with E-state index < -0.39 is 5.69 Å². The molecule has 0 spiro atoms. The lowest BCUT2D eigenvalue weighted by atomic mass is 10.2. The lowest BCUT2D eigenvalue weighted by molar-refractivity contribution is 0.485. The summed E-state index contributed by atoms with van der Waals surface area (Å²) in [6.45, 7) is 0.0773. The fourth-order valence-electron chi connectivity index (χ4n) is 2.32. The van der Waals surface area contributed by atoms with Crippen LogP contribution in [0.5, 0.6) is 0 Å². The minimum absolute atomic E-state index is 0.0773. The summed E-state index contributed by atoms with van der Waals surface area (Å²) in [6.07, 6.45) is 3.13. The maximum absolute atomic E-state index is 12.6. The van der Waals surface area contributed by atoms with Crippen molar-refractivity contribution in [3.63, 3.8) is 0 Å². The maximum Gasteiger partial charge on any atom is 0.329 e. The molecule has 4 aromatic rings. The van der Waals surface area contributed by atoms with Crippen molar-refractivity contribution in [3.05, 3.63) is 69.4 Å². The van der Waals surface area contributed by atoms with E-state index in [1.54, 1.807) is 30.5 Å². The van der Waals surface area contributed by atoms with Gasteiger partial charge in [-0.2, -0.15) is 4.37 Å². The van der Waals surface area contributed by atoms with Gasteiger partial charge in [-0.3, -0.25) is 14.3 Å². The summed E-state index contributed by atoms with van der Waals surface area (Å²) in [6, 6.07) is 8.81. The van der Waals surface area contributed by atoms with Gasteiger partial charge in [0.05, 0.1) is 24.0 Å². The molecule has 114 valence electrons. The molecule has 4 aromatic heterocycles. The molecule has 23 heavy (non-hydrogen) atoms. The Hall–Kier alpha value is -3.00. The fourth-order valence-corrected chi connectivity index (χ4v) is 3.12. The van der Waals surface area contributed by atoms with Gasteiger partial charge in [0.1, 0.15) is 16.2 Å². The Balaban J connectivity index is 1.91. The summed E-state index contributed by atoms with van der Waals surface area (Å²) in [5.74, 6) is 0.534. The Bertz CT molecular complexity index is 1080. The molecule has 0 radical (unpaired) electrons. The second kappa shape index (κ2) is 5.33. The first-order chi connectivity index (χ1) is 11.2. The average molecular weight is 326 g/mol. The molecule has 0 saturated carbocycles. The quantitative estimate of drug-likeness (QED) is 0.620. The van der Waals surface area contributed by atoms with Gasteiger partial charge in [0.25, 0.3) is 5.56 Å². The van der Waals surface area contributed by atoms with Crippen LogP contribution >= 0.6 is 11.5 Å². The third-order valence-electron chi connectivity index (χ3n) is 3.41. The molecule has 4 rings (SSSR count). The van der Waals surface area contributed by atoms with Gasteiger partial charge in [-0.25, -0.2) is 4.79 Å². The molecule has 0 unspecified atom stereocenters. The first-order valence-electron chi connectivity index (χ1n) is 6.80. The van der Waals surface area contributed by atoms with E-state index in [0.29, 0.717) is 27.4 Å². The second-order valence-electron chi connectivity index (χ2n) is 4.85. The molecule has 0 amide bonds. The maximum atomic E-state index is 12.6. The van der Waals surface area contributed by atoms with Gasteiger partial charge >= 0.3 is 5.69 Å². The summed E-state index contributed by atoms with van der Waals surface area (Å²) >= 11 is 1.05. The van der Waals surface area contributed by atoms with Crippen molar-refractivity contribution in [2.24, 2.45) is 0 Å². The molecule has 0 aromatic carbocycles. The smallest absolute Gasteiger partial charge is 0.329 e. The SMILES string of the molecule is O=c1[nH]c2c(-c3ccccn3)nsc2c(=O)n1Cc1ccco1. The molecule has 1 N–H and O–H groups in total. The zero-order valence-corrected chi connectivity index (χ0v) is 12.5. The van der Waals surface area contributed by atoms with Gasteiger partial charge < -0.3 is 9.40 Å². The van der Waals surface area contributed by atoms with E-state index in [9.17, 15) is 9.59 Å². The molecule has 0 aliphatic carbocycles. The Morgan fingerprint density at radius 2 is 2.13 bits per heavy atom. The van der Waals surface area contributed by atoms with Crippen LogP contribution in [0.3, 0.4) is 0 Å². The number of nitrogens with one attached hydrogen (secondary N) is 1. The number of hydrogen-bond donors (Lipinski definition) is 1. The first-order valence-corrected chi connectivity index (χ1v) is 7.57. The van der Waals surface area contributed by atoms with Crippen LogP contribution in [0.1, 0.15) is 5.76 Å². The number of nitrogens with zero attached hydrogens (tertiary/aromatic N) is 3. The Morgan fingerprint density at radius 3 is 2.87 bits per heavy atom. The number of fused-ring (bicyclic) bond motifs is 1. The molecular formula is C15H10N4O3S. The summed E-state index contributed by atoms with van der Waals surface area (Å²) in [5.41, 5.74) is 0.637. The van der Waals surface area contributed by atoms with Gasteiger partial charge in [-0.15, -0.1) is 0 Å². The van der Waals surface area contributed by atoms with Gasteiger partial charge in [0, 0.05) is 6.20 Å². The summed E-state index contributed by atoms with van der Waals surface area (Å²) in [5, 5.41) is 0. The van der Waals surface area contributed by atoms with Crippen molar-refractivity contribution in [1.29, 1.82) is 0 Å². The minimum Gasteiger partial charge on any atom is -0.467 e. The number of H-pyrrole nitrogens is 1. The second-order valence-corrected chi connectivity index (χ2v) is 5.62. The highest BCUT2D eigenvalue weighted by Crippen LogP contribution is 2.24. The lowest BCUT2D eigenvalue weighted by Gasteiger charge is -2.02. The Kier molecular flexibility index (Phi) is 3.16. The zero-order chi connectivity index (χ0) is 15.8. The van der Waals surface area contributed by atoms with Crippen molar-refractivity contribution >= 4 is 21.7 Å². The predicted octanol–water partition coefficient (Wildman–Crippen LogP) is 1.85. The normalized spacial score (nSPS) is 11.1. The van der Waals surface area contributed by atoms with Crippen molar-refractivity contribution in [2.45, 2.75) is 6.54 Å². The third kappa shape index (κ3) is 2.29. The van der Waals surface area contributed by atoms with Crippen molar-refractivity contribution < 1.29 is 4.42 Å². The van der Waals surface area contributed by atoms with Crippen LogP contribution in [-0.4, -0.2) is 18.9 Å². The van der Waals surface area contributed by atoms with E-state index >= 15 is 0 Å². The standard InChI is InChI=1S/C15H10N4O3S/c20-14-13-12(11(18-23-13)10-5-1-2-6-16-10)17-15(21)19(14)8-9-4-3-7-22-9/h1-7H,8H2,(H,17,21). The number of hydrogen-bond acceptors (Lipinski definition) is 6. The average Bonchev–Trinajstić information content (AvgIpc) is 3.22. The largest absolute Gasteiger partial charge is 0.467 e. The van der Waals surface area contributed by atoms with E-state index in [2.05, 4.69) is 14.3 Å². The van der Waals surface area contributed by atoms with Crippen LogP contribution < -0.4 is 11.2 Å². The highest BCUT2D eigenvalue weighted by Gasteiger charge is 2.16. The van der Waals surface area contributed by atoms with Crippen LogP contribution in [0.4, 0.5) is 0 Å². The van der Waals surface area contributed by atoms with E-state index in [4.69, 9.17) is 4.42 Å². The van der Waals surface area contributed by atoms with Crippen molar-refractivity contribution in [3.8, 4) is 11.4 Å². The molecule has 0 saturated heterocycles. The molecule has 0 fully saturated rings. The minimum atomic E-state index is -0.503. The van der Waals surface area contributed by atoms with Gasteiger partial charge in [-0.1, -0.05) is 6.07 Å². The van der Waals surface area contributed by atoms with Crippen molar-refractivity contribution in [1.82, 2.24) is 18.9 Å². The number of rotatable bonds is 3. The Labute approximate surface area is 133 Å². The van der Waals surface area contributed by atoms with Gasteiger partial charge in [0.2, 0.25) is 0 Å². The molecular weight excluding hydrogens is 316 g/mol. The third-order valence-corrected chi connectivity index (χ3v) is 4.25. The van der Waals surface area contributed by atoms with Crippen molar-refractivity contribution in [2.75, 3.05) is 0 Å². The van der Waals surface area contributed by atoms with E-state index in [-0.39, 0.29) is 12.1 Å². The summed E-state index contributed by atoms with van der Waals surface area (Å²) in [4.78, 5) is 31.8. The van der Waals surface area contributed by atoms with Gasteiger partial charge in [0.15, 0.2) is 0 Å². The Morgan fingerprint density at radius 1 is 1.22 bits per heavy atom. The molecule has 8 heteroatoms. The molecule has 0 aliphatic heterocycles.